The molecule has 1 fully saturated rings. The van der Waals surface area contributed by atoms with Gasteiger partial charge in [-0.3, -0.25) is 0 Å². The number of benzene rings is 1. The predicted octanol–water partition coefficient (Wildman–Crippen LogP) is 4.31. The summed E-state index contributed by atoms with van der Waals surface area (Å²) in [7, 11) is 1.70. The molecule has 3 atom stereocenters. The van der Waals surface area contributed by atoms with Crippen molar-refractivity contribution in [3.05, 3.63) is 23.0 Å². The van der Waals surface area contributed by atoms with Crippen molar-refractivity contribution in [1.82, 2.24) is 9.55 Å². The second kappa shape index (κ2) is 4.67. The Labute approximate surface area is 118 Å². The fraction of sp³-hybridized carbons (Fsp3) is 0.533. The Morgan fingerprint density at radius 2 is 2.11 bits per heavy atom. The molecule has 0 bridgehead atoms. The molecular weight excluding hydrogens is 256 g/mol. The molecule has 0 saturated heterocycles. The van der Waals surface area contributed by atoms with Crippen LogP contribution in [-0.2, 0) is 0 Å². The summed E-state index contributed by atoms with van der Waals surface area (Å²) in [5.74, 6) is 2.29. The molecule has 3 nitrogen and oxygen atoms in total. The number of imidazole rings is 1. The lowest BCUT2D eigenvalue weighted by Gasteiger charge is -2.20. The monoisotopic (exact) mass is 276 g/mol. The smallest absolute Gasteiger partial charge is 0.178 e. The van der Waals surface area contributed by atoms with Crippen LogP contribution in [0.25, 0.3) is 11.0 Å². The first-order chi connectivity index (χ1) is 9.13. The summed E-state index contributed by atoms with van der Waals surface area (Å²) in [6.07, 6.45) is 2.49. The van der Waals surface area contributed by atoms with E-state index in [9.17, 15) is 0 Å². The van der Waals surface area contributed by atoms with Crippen LogP contribution in [-0.4, -0.2) is 16.7 Å². The van der Waals surface area contributed by atoms with E-state index in [1.54, 1.807) is 7.11 Å². The molecule has 1 saturated carbocycles. The summed E-state index contributed by atoms with van der Waals surface area (Å²) in [4.78, 5) is 3.31. The van der Waals surface area contributed by atoms with E-state index in [2.05, 4.69) is 29.5 Å². The second-order valence-electron chi connectivity index (χ2n) is 5.64. The van der Waals surface area contributed by atoms with Crippen molar-refractivity contribution in [3.8, 4) is 5.75 Å². The summed E-state index contributed by atoms with van der Waals surface area (Å²) < 4.78 is 8.52. The van der Waals surface area contributed by atoms with Crippen molar-refractivity contribution in [1.29, 1.82) is 0 Å². The fourth-order valence-corrected chi connectivity index (χ4v) is 3.66. The molecule has 1 N–H and O–H groups in total. The zero-order valence-electron chi connectivity index (χ0n) is 11.6. The molecule has 3 rings (SSSR count). The van der Waals surface area contributed by atoms with Gasteiger partial charge in [0.05, 0.1) is 12.6 Å². The highest BCUT2D eigenvalue weighted by Crippen LogP contribution is 2.42. The molecule has 4 heteroatoms. The van der Waals surface area contributed by atoms with Gasteiger partial charge in [0.2, 0.25) is 0 Å². The van der Waals surface area contributed by atoms with Crippen LogP contribution in [0.4, 0.5) is 0 Å². The van der Waals surface area contributed by atoms with Crippen LogP contribution in [0.1, 0.15) is 32.7 Å². The SMILES string of the molecule is COc1cccc2c1[nH]c(=S)n2C1CCC(C)C1C. The van der Waals surface area contributed by atoms with Crippen LogP contribution in [0.5, 0.6) is 5.75 Å². The predicted molar refractivity (Wildman–Crippen MR) is 80.3 cm³/mol. The molecule has 0 amide bonds. The first-order valence-corrected chi connectivity index (χ1v) is 7.31. The van der Waals surface area contributed by atoms with Gasteiger partial charge in [0.1, 0.15) is 11.3 Å². The Balaban J connectivity index is 2.19. The van der Waals surface area contributed by atoms with Gasteiger partial charge in [-0.1, -0.05) is 19.9 Å². The molecule has 102 valence electrons. The van der Waals surface area contributed by atoms with Crippen LogP contribution >= 0.6 is 12.2 Å². The Kier molecular flexibility index (Phi) is 3.13. The Hall–Kier alpha value is -1.29. The summed E-state index contributed by atoms with van der Waals surface area (Å²) in [6, 6.07) is 6.63. The van der Waals surface area contributed by atoms with Crippen molar-refractivity contribution in [2.75, 3.05) is 7.11 Å². The lowest BCUT2D eigenvalue weighted by molar-refractivity contribution is 0.356. The van der Waals surface area contributed by atoms with Gasteiger partial charge in [-0.15, -0.1) is 0 Å². The fourth-order valence-electron chi connectivity index (χ4n) is 3.32. The van der Waals surface area contributed by atoms with Crippen molar-refractivity contribution in [2.24, 2.45) is 11.8 Å². The zero-order valence-corrected chi connectivity index (χ0v) is 12.5. The van der Waals surface area contributed by atoms with Gasteiger partial charge < -0.3 is 14.3 Å². The van der Waals surface area contributed by atoms with Crippen LogP contribution in [0.15, 0.2) is 18.2 Å². The summed E-state index contributed by atoms with van der Waals surface area (Å²) >= 11 is 5.54. The number of nitrogens with zero attached hydrogens (tertiary/aromatic N) is 1. The highest BCUT2D eigenvalue weighted by Gasteiger charge is 2.32. The number of H-pyrrole nitrogens is 1. The summed E-state index contributed by atoms with van der Waals surface area (Å²) in [5, 5.41) is 0. The average Bonchev–Trinajstić information content (AvgIpc) is 2.90. The van der Waals surface area contributed by atoms with E-state index in [4.69, 9.17) is 17.0 Å². The zero-order chi connectivity index (χ0) is 13.6. The van der Waals surface area contributed by atoms with Gasteiger partial charge >= 0.3 is 0 Å². The number of hydrogen-bond acceptors (Lipinski definition) is 2. The van der Waals surface area contributed by atoms with Crippen LogP contribution in [0.2, 0.25) is 0 Å². The lowest BCUT2D eigenvalue weighted by atomic mass is 9.97. The molecule has 1 aromatic carbocycles. The Morgan fingerprint density at radius 1 is 1.32 bits per heavy atom. The maximum atomic E-state index is 5.54. The van der Waals surface area contributed by atoms with E-state index >= 15 is 0 Å². The minimum atomic E-state index is 0.503. The van der Waals surface area contributed by atoms with Crippen molar-refractivity contribution >= 4 is 23.3 Å². The van der Waals surface area contributed by atoms with E-state index in [-0.39, 0.29) is 0 Å². The first kappa shape index (κ1) is 12.7. The van der Waals surface area contributed by atoms with Crippen LogP contribution in [0, 0.1) is 16.6 Å². The molecule has 2 aromatic rings. The molecule has 1 heterocycles. The third-order valence-electron chi connectivity index (χ3n) is 4.69. The maximum absolute atomic E-state index is 5.54. The molecular formula is C15H20N2OS. The number of hydrogen-bond donors (Lipinski definition) is 1. The lowest BCUT2D eigenvalue weighted by Crippen LogP contribution is -2.14. The quantitative estimate of drug-likeness (QED) is 0.828. The number of para-hydroxylation sites is 1. The van der Waals surface area contributed by atoms with E-state index in [1.165, 1.54) is 12.8 Å². The molecule has 0 radical (unpaired) electrons. The van der Waals surface area contributed by atoms with Gasteiger partial charge in [-0.2, -0.15) is 0 Å². The van der Waals surface area contributed by atoms with E-state index in [0.29, 0.717) is 12.0 Å². The van der Waals surface area contributed by atoms with E-state index < -0.39 is 0 Å². The van der Waals surface area contributed by atoms with E-state index in [1.807, 2.05) is 12.1 Å². The largest absolute Gasteiger partial charge is 0.494 e. The van der Waals surface area contributed by atoms with Crippen LogP contribution < -0.4 is 4.74 Å². The third kappa shape index (κ3) is 1.89. The number of aromatic amines is 1. The number of nitrogens with one attached hydrogen (secondary N) is 1. The number of rotatable bonds is 2. The van der Waals surface area contributed by atoms with Gasteiger partial charge in [0, 0.05) is 6.04 Å². The van der Waals surface area contributed by atoms with Crippen molar-refractivity contribution < 1.29 is 4.74 Å². The average molecular weight is 276 g/mol. The molecule has 1 aromatic heterocycles. The highest BCUT2D eigenvalue weighted by atomic mass is 32.1. The summed E-state index contributed by atoms with van der Waals surface area (Å²) in [6.45, 7) is 4.67. The van der Waals surface area contributed by atoms with Gasteiger partial charge in [0.15, 0.2) is 4.77 Å². The second-order valence-corrected chi connectivity index (χ2v) is 6.02. The molecule has 1 aliphatic carbocycles. The topological polar surface area (TPSA) is 29.9 Å². The van der Waals surface area contributed by atoms with Crippen LogP contribution in [0.3, 0.4) is 0 Å². The Morgan fingerprint density at radius 3 is 2.74 bits per heavy atom. The standard InChI is InChI=1S/C15H20N2OS/c1-9-7-8-11(10(9)2)17-12-5-4-6-13(18-3)14(12)16-15(17)19/h4-6,9-11H,7-8H2,1-3H3,(H,16,19). The number of methoxy groups -OCH3 is 1. The normalized spacial score (nSPS) is 27.0. The number of aromatic nitrogens is 2. The minimum absolute atomic E-state index is 0.503. The van der Waals surface area contributed by atoms with Crippen molar-refractivity contribution in [3.63, 3.8) is 0 Å². The van der Waals surface area contributed by atoms with E-state index in [0.717, 1.165) is 27.5 Å². The summed E-state index contributed by atoms with van der Waals surface area (Å²) in [5.41, 5.74) is 2.18. The molecule has 3 unspecified atom stereocenters. The van der Waals surface area contributed by atoms with Gasteiger partial charge in [0.25, 0.3) is 0 Å². The third-order valence-corrected chi connectivity index (χ3v) is 4.99. The highest BCUT2D eigenvalue weighted by molar-refractivity contribution is 7.71. The van der Waals surface area contributed by atoms with Crippen molar-refractivity contribution in [2.45, 2.75) is 32.7 Å². The maximum Gasteiger partial charge on any atom is 0.178 e. The molecule has 0 aliphatic heterocycles. The minimum Gasteiger partial charge on any atom is -0.494 e. The molecule has 19 heavy (non-hydrogen) atoms. The molecule has 0 spiro atoms. The number of ether oxygens (including phenoxy) is 1. The van der Waals surface area contributed by atoms with Gasteiger partial charge in [-0.05, 0) is 49.0 Å². The first-order valence-electron chi connectivity index (χ1n) is 6.90. The Bertz CT molecular complexity index is 658. The number of fused-ring (bicyclic) bond motifs is 1. The van der Waals surface area contributed by atoms with Gasteiger partial charge in [-0.25, -0.2) is 0 Å². The molecule has 1 aliphatic rings.